The van der Waals surface area contributed by atoms with Crippen molar-refractivity contribution < 1.29 is 27.5 Å². The maximum Gasteiger partial charge on any atom is 0.148 e. The molecule has 0 radical (unpaired) electrons. The molecule has 9 rings (SSSR count). The van der Waals surface area contributed by atoms with E-state index in [9.17, 15) is 5.11 Å². The van der Waals surface area contributed by atoms with E-state index < -0.39 is 5.89 Å². The van der Waals surface area contributed by atoms with Gasteiger partial charge < -0.3 is 5.11 Å². The van der Waals surface area contributed by atoms with E-state index in [0.29, 0.717) is 11.4 Å². The smallest absolute Gasteiger partial charge is 0.148 e. The van der Waals surface area contributed by atoms with Crippen LogP contribution in [0.5, 0.6) is 5.75 Å². The number of phenols is 1. The number of nitrogens with zero attached hydrogens (tertiary/aromatic N) is 3. The number of para-hydroxylation sites is 2. The summed E-state index contributed by atoms with van der Waals surface area (Å²) in [6.45, 7) is 3.82. The Bertz CT molecular complexity index is 2850. The van der Waals surface area contributed by atoms with Crippen molar-refractivity contribution in [1.29, 1.82) is 0 Å². The zero-order chi connectivity index (χ0) is 38.2. The predicted molar refractivity (Wildman–Crippen MR) is 226 cm³/mol. The summed E-state index contributed by atoms with van der Waals surface area (Å²) < 4.78 is 11.2. The fourth-order valence-electron chi connectivity index (χ4n) is 7.29. The normalized spacial score (nSPS) is 11.6. The van der Waals surface area contributed by atoms with Crippen LogP contribution in [0, 0.1) is 6.07 Å². The number of fused-ring (bicyclic) bond motifs is 1. The summed E-state index contributed by atoms with van der Waals surface area (Å²) in [5.74, 6) is -0.137. The van der Waals surface area contributed by atoms with Crippen LogP contribution in [0.3, 0.4) is 0 Å². The number of phenolic OH excluding ortho intramolecular Hbond substituents is 1. The Balaban J connectivity index is 0.00000455. The molecule has 0 amide bonds. The van der Waals surface area contributed by atoms with Crippen LogP contribution in [0.4, 0.5) is 0 Å². The Labute approximate surface area is 343 Å². The molecule has 0 spiro atoms. The molecule has 0 unspecified atom stereocenters. The molecule has 1 N–H and O–H groups in total. The number of rotatable bonds is 8. The molecule has 0 atom stereocenters. The number of pyridine rings is 1. The summed E-state index contributed by atoms with van der Waals surface area (Å²) in [6, 6.07) is 63.0. The van der Waals surface area contributed by atoms with Crippen LogP contribution in [0.15, 0.2) is 182 Å². The number of benzene rings is 7. The molecular weight excluding hydrogens is 866 g/mol. The van der Waals surface area contributed by atoms with Crippen LogP contribution in [0.2, 0.25) is 0 Å². The first-order valence-corrected chi connectivity index (χ1v) is 18.5. The van der Waals surface area contributed by atoms with Crippen molar-refractivity contribution in [2.45, 2.75) is 19.7 Å². The number of aromatic hydroxyl groups is 1. The molecule has 9 aromatic rings. The first kappa shape index (κ1) is 35.4. The van der Waals surface area contributed by atoms with E-state index in [1.54, 1.807) is 6.07 Å². The van der Waals surface area contributed by atoms with Crippen LogP contribution in [-0.4, -0.2) is 19.6 Å². The van der Waals surface area contributed by atoms with E-state index in [1.165, 1.54) is 0 Å². The van der Waals surface area contributed by atoms with E-state index >= 15 is 0 Å². The fraction of sp³-hybridized carbons (Fsp3) is 0.0588. The van der Waals surface area contributed by atoms with Gasteiger partial charge in [0.05, 0.1) is 16.6 Å². The van der Waals surface area contributed by atoms with Crippen LogP contribution < -0.4 is 0 Å². The average molecular weight is 905 g/mol. The molecule has 5 heteroatoms. The van der Waals surface area contributed by atoms with Gasteiger partial charge in [0.25, 0.3) is 0 Å². The van der Waals surface area contributed by atoms with Crippen molar-refractivity contribution in [3.63, 3.8) is 0 Å². The van der Waals surface area contributed by atoms with Gasteiger partial charge in [0.2, 0.25) is 0 Å². The van der Waals surface area contributed by atoms with Gasteiger partial charge in [-0.3, -0.25) is 9.55 Å². The Morgan fingerprint density at radius 3 is 1.82 bits per heavy atom. The Morgan fingerprint density at radius 1 is 0.571 bits per heavy atom. The largest absolute Gasteiger partial charge is 0.507 e. The van der Waals surface area contributed by atoms with Crippen LogP contribution in [0.25, 0.3) is 83.9 Å². The number of hydrogen-bond acceptors (Lipinski definition) is 3. The summed E-state index contributed by atoms with van der Waals surface area (Å²) in [7, 11) is 0. The van der Waals surface area contributed by atoms with Crippen molar-refractivity contribution in [2.75, 3.05) is 0 Å². The van der Waals surface area contributed by atoms with E-state index in [1.807, 2.05) is 86.8 Å². The zero-order valence-corrected chi connectivity index (χ0v) is 33.2. The number of aromatic nitrogens is 3. The standard InChI is InChI=1S/C51H38N3O.Pt/c1-34(2)39-27-41(37-19-10-5-11-20-37)32-44(31-39)54-48-23-14-22-45(50(48)53-51(54)46-21-12-13-24-49(46)55)42-28-40(36-17-8-4-9-18-36)29-43(30-42)47-33-38(25-26-52-47)35-15-6-3-7-16-35;/h3-29,31-34,55H,1-2H3;/q-1;/i34D;. The van der Waals surface area contributed by atoms with Gasteiger partial charge in [-0.15, -0.1) is 23.8 Å². The SMILES string of the molecule is [2H]C(C)(C)c1cc(-c2ccccc2)cc(-n2c(-c3ccccc3O)nc3c(-c4[c-]c(-c5cc(-c6ccccc6)ccn5)cc(-c5ccccc5)c4)cccc32)c1.[Pt]. The predicted octanol–water partition coefficient (Wildman–Crippen LogP) is 13.0. The van der Waals surface area contributed by atoms with Gasteiger partial charge in [-0.25, -0.2) is 4.98 Å². The summed E-state index contributed by atoms with van der Waals surface area (Å²) in [6.07, 6.45) is 1.86. The van der Waals surface area contributed by atoms with Crippen molar-refractivity contribution in [1.82, 2.24) is 14.5 Å². The minimum Gasteiger partial charge on any atom is -0.507 e. The fourth-order valence-corrected chi connectivity index (χ4v) is 7.29. The summed E-state index contributed by atoms with van der Waals surface area (Å²) in [5, 5.41) is 11.3. The molecule has 274 valence electrons. The van der Waals surface area contributed by atoms with Gasteiger partial charge in [0.1, 0.15) is 11.6 Å². The number of imidazole rings is 1. The molecule has 4 nitrogen and oxygen atoms in total. The quantitative estimate of drug-likeness (QED) is 0.155. The molecule has 0 aliphatic carbocycles. The van der Waals surface area contributed by atoms with Crippen LogP contribution in [0.1, 0.15) is 26.7 Å². The molecule has 0 fully saturated rings. The topological polar surface area (TPSA) is 50.9 Å². The molecule has 2 heterocycles. The summed E-state index contributed by atoms with van der Waals surface area (Å²) in [5.41, 5.74) is 13.8. The van der Waals surface area contributed by atoms with Gasteiger partial charge in [-0.05, 0) is 75.7 Å². The molecule has 0 bridgehead atoms. The monoisotopic (exact) mass is 904 g/mol. The van der Waals surface area contributed by atoms with Gasteiger partial charge in [-0.2, -0.15) is 0 Å². The van der Waals surface area contributed by atoms with Crippen LogP contribution >= 0.6 is 0 Å². The molecule has 0 saturated carbocycles. The average Bonchev–Trinajstić information content (AvgIpc) is 3.64. The van der Waals surface area contributed by atoms with Crippen molar-refractivity contribution in [3.05, 3.63) is 194 Å². The molecule has 56 heavy (non-hydrogen) atoms. The Morgan fingerprint density at radius 2 is 1.16 bits per heavy atom. The molecular formula is C51H38N3OPt-. The van der Waals surface area contributed by atoms with Crippen molar-refractivity contribution in [3.8, 4) is 78.6 Å². The zero-order valence-electron chi connectivity index (χ0n) is 31.9. The third-order valence-corrected chi connectivity index (χ3v) is 10.1. The van der Waals surface area contributed by atoms with Crippen molar-refractivity contribution in [2.24, 2.45) is 0 Å². The summed E-state index contributed by atoms with van der Waals surface area (Å²) >= 11 is 0. The van der Waals surface area contributed by atoms with Gasteiger partial charge in [0.15, 0.2) is 0 Å². The first-order valence-electron chi connectivity index (χ1n) is 19.0. The van der Waals surface area contributed by atoms with Gasteiger partial charge in [-0.1, -0.05) is 158 Å². The van der Waals surface area contributed by atoms with Crippen LogP contribution in [-0.2, 0) is 21.1 Å². The first-order chi connectivity index (χ1) is 27.3. The minimum absolute atomic E-state index is 0. The van der Waals surface area contributed by atoms with Gasteiger partial charge >= 0.3 is 0 Å². The second-order valence-corrected chi connectivity index (χ2v) is 14.0. The molecule has 0 aliphatic heterocycles. The Hall–Kier alpha value is -6.35. The second kappa shape index (κ2) is 15.8. The number of hydrogen-bond donors (Lipinski definition) is 1. The molecule has 2 aromatic heterocycles. The third kappa shape index (κ3) is 7.12. The maximum absolute atomic E-state index is 11.3. The van der Waals surface area contributed by atoms with E-state index in [4.69, 9.17) is 11.3 Å². The summed E-state index contributed by atoms with van der Waals surface area (Å²) in [4.78, 5) is 10.2. The third-order valence-electron chi connectivity index (χ3n) is 10.1. The van der Waals surface area contributed by atoms with E-state index in [0.717, 1.165) is 78.0 Å². The second-order valence-electron chi connectivity index (χ2n) is 14.0. The maximum atomic E-state index is 11.3. The van der Waals surface area contributed by atoms with Crippen molar-refractivity contribution >= 4 is 11.0 Å². The molecule has 7 aromatic carbocycles. The van der Waals surface area contributed by atoms with Gasteiger partial charge in [0, 0.05) is 40.0 Å². The van der Waals surface area contributed by atoms with E-state index in [-0.39, 0.29) is 26.8 Å². The van der Waals surface area contributed by atoms with E-state index in [2.05, 4.69) is 114 Å². The molecule has 0 aliphatic rings. The minimum atomic E-state index is -0.870. The Kier molecular flexibility index (Phi) is 9.97. The molecule has 0 saturated heterocycles.